The van der Waals surface area contributed by atoms with Gasteiger partial charge in [0.2, 0.25) is 5.91 Å². The van der Waals surface area contributed by atoms with Gasteiger partial charge in [-0.1, -0.05) is 13.0 Å². The Morgan fingerprint density at radius 2 is 2.07 bits per heavy atom. The Kier molecular flexibility index (Phi) is 5.96. The molecule has 2 aliphatic rings. The minimum Gasteiger partial charge on any atom is -0.493 e. The molecule has 150 valence electrons. The van der Waals surface area contributed by atoms with E-state index in [0.717, 1.165) is 29.9 Å². The van der Waals surface area contributed by atoms with E-state index in [4.69, 9.17) is 15.2 Å². The van der Waals surface area contributed by atoms with Crippen LogP contribution in [-0.2, 0) is 4.79 Å². The summed E-state index contributed by atoms with van der Waals surface area (Å²) in [7, 11) is 1.65. The summed E-state index contributed by atoms with van der Waals surface area (Å²) in [6.45, 7) is 4.86. The third kappa shape index (κ3) is 3.92. The molecule has 1 heterocycles. The predicted octanol–water partition coefficient (Wildman–Crippen LogP) is 2.29. The van der Waals surface area contributed by atoms with Crippen LogP contribution in [0.2, 0.25) is 0 Å². The summed E-state index contributed by atoms with van der Waals surface area (Å²) in [6, 6.07) is 5.97. The Morgan fingerprint density at radius 1 is 1.37 bits per heavy atom. The summed E-state index contributed by atoms with van der Waals surface area (Å²) >= 11 is 0. The molecule has 3 atom stereocenters. The number of carbonyl (C=O) groups excluding carboxylic acids is 1. The summed E-state index contributed by atoms with van der Waals surface area (Å²) < 4.78 is 11.7. The molecule has 1 aliphatic carbocycles. The Bertz CT molecular complexity index is 672. The molecule has 3 rings (SSSR count). The molecule has 1 saturated heterocycles. The maximum atomic E-state index is 12.2. The first-order chi connectivity index (χ1) is 12.9. The number of likely N-dealkylation sites (tertiary alicyclic amines) is 1. The first-order valence-corrected chi connectivity index (χ1v) is 9.89. The molecule has 27 heavy (non-hydrogen) atoms. The van der Waals surface area contributed by atoms with Crippen LogP contribution in [0.5, 0.6) is 11.5 Å². The monoisotopic (exact) mass is 376 g/mol. The molecule has 1 amide bonds. The fraction of sp³-hybridized carbons (Fsp3) is 0.667. The Balaban J connectivity index is 1.91. The van der Waals surface area contributed by atoms with Crippen molar-refractivity contribution in [1.82, 2.24) is 4.90 Å². The number of methoxy groups -OCH3 is 1. The molecule has 3 unspecified atom stereocenters. The van der Waals surface area contributed by atoms with Crippen LogP contribution in [0.4, 0.5) is 0 Å². The van der Waals surface area contributed by atoms with E-state index in [-0.39, 0.29) is 24.5 Å². The van der Waals surface area contributed by atoms with Crippen molar-refractivity contribution in [1.29, 1.82) is 0 Å². The summed E-state index contributed by atoms with van der Waals surface area (Å²) in [5.74, 6) is 1.39. The standard InChI is InChI=1S/C21H32N2O4/c1-14(24)21(2)13-23(20(25)11-22)12-17(21)15-8-9-18(26-3)19(10-15)27-16-6-4-5-7-16/h8-10,14,16-17,24H,4-7,11-13,22H2,1-3H3. The number of rotatable bonds is 6. The molecule has 0 aromatic heterocycles. The van der Waals surface area contributed by atoms with Gasteiger partial charge in [-0.25, -0.2) is 0 Å². The molecule has 0 bridgehead atoms. The van der Waals surface area contributed by atoms with E-state index in [1.807, 2.05) is 25.1 Å². The zero-order valence-corrected chi connectivity index (χ0v) is 16.6. The molecule has 2 fully saturated rings. The lowest BCUT2D eigenvalue weighted by Gasteiger charge is -2.34. The summed E-state index contributed by atoms with van der Waals surface area (Å²) in [6.07, 6.45) is 4.22. The van der Waals surface area contributed by atoms with Crippen molar-refractivity contribution >= 4 is 5.91 Å². The molecule has 0 spiro atoms. The van der Waals surface area contributed by atoms with Crippen LogP contribution in [-0.4, -0.2) is 54.9 Å². The maximum Gasteiger partial charge on any atom is 0.236 e. The number of hydrogen-bond donors (Lipinski definition) is 2. The van der Waals surface area contributed by atoms with Gasteiger partial charge in [-0.3, -0.25) is 4.79 Å². The summed E-state index contributed by atoms with van der Waals surface area (Å²) in [5.41, 5.74) is 6.18. The van der Waals surface area contributed by atoms with Gasteiger partial charge in [0.25, 0.3) is 0 Å². The van der Waals surface area contributed by atoms with Crippen LogP contribution >= 0.6 is 0 Å². The molecule has 0 radical (unpaired) electrons. The van der Waals surface area contributed by atoms with Gasteiger partial charge in [-0.15, -0.1) is 0 Å². The van der Waals surface area contributed by atoms with E-state index in [1.54, 1.807) is 18.9 Å². The average Bonchev–Trinajstić information content (AvgIpc) is 3.29. The first kappa shape index (κ1) is 20.0. The highest BCUT2D eigenvalue weighted by Gasteiger charge is 2.48. The van der Waals surface area contributed by atoms with Gasteiger partial charge in [0.15, 0.2) is 11.5 Å². The molecule has 6 heteroatoms. The second kappa shape index (κ2) is 8.07. The normalized spacial score (nSPS) is 27.0. The Labute approximate surface area is 161 Å². The topological polar surface area (TPSA) is 85.0 Å². The minimum atomic E-state index is -0.556. The fourth-order valence-corrected chi connectivity index (χ4v) is 4.43. The second-order valence-corrected chi connectivity index (χ2v) is 8.15. The highest BCUT2D eigenvalue weighted by molar-refractivity contribution is 5.78. The van der Waals surface area contributed by atoms with Crippen molar-refractivity contribution in [2.24, 2.45) is 11.1 Å². The van der Waals surface area contributed by atoms with Gasteiger partial charge in [-0.2, -0.15) is 0 Å². The van der Waals surface area contributed by atoms with E-state index in [9.17, 15) is 9.90 Å². The van der Waals surface area contributed by atoms with E-state index >= 15 is 0 Å². The van der Waals surface area contributed by atoms with Crippen LogP contribution in [0.25, 0.3) is 0 Å². The van der Waals surface area contributed by atoms with Crippen molar-refractivity contribution in [3.8, 4) is 11.5 Å². The van der Waals surface area contributed by atoms with Gasteiger partial charge >= 0.3 is 0 Å². The van der Waals surface area contributed by atoms with Crippen molar-refractivity contribution in [3.63, 3.8) is 0 Å². The third-order valence-electron chi connectivity index (χ3n) is 6.40. The quantitative estimate of drug-likeness (QED) is 0.796. The van der Waals surface area contributed by atoms with Gasteiger partial charge in [0.1, 0.15) is 0 Å². The number of aliphatic hydroxyl groups is 1. The lowest BCUT2D eigenvalue weighted by atomic mass is 9.72. The smallest absolute Gasteiger partial charge is 0.236 e. The van der Waals surface area contributed by atoms with Gasteiger partial charge in [-0.05, 0) is 50.3 Å². The second-order valence-electron chi connectivity index (χ2n) is 8.15. The van der Waals surface area contributed by atoms with E-state index < -0.39 is 11.5 Å². The first-order valence-electron chi connectivity index (χ1n) is 9.89. The summed E-state index contributed by atoms with van der Waals surface area (Å²) in [4.78, 5) is 13.9. The average molecular weight is 376 g/mol. The lowest BCUT2D eigenvalue weighted by molar-refractivity contribution is -0.129. The molecular formula is C21H32N2O4. The Hall–Kier alpha value is -1.79. The zero-order valence-electron chi connectivity index (χ0n) is 16.6. The number of carbonyl (C=O) groups is 1. The maximum absolute atomic E-state index is 12.2. The van der Waals surface area contributed by atoms with Gasteiger partial charge < -0.3 is 25.2 Å². The largest absolute Gasteiger partial charge is 0.493 e. The van der Waals surface area contributed by atoms with Crippen LogP contribution < -0.4 is 15.2 Å². The van der Waals surface area contributed by atoms with Crippen molar-refractivity contribution in [2.45, 2.75) is 57.7 Å². The van der Waals surface area contributed by atoms with Crippen LogP contribution in [0.15, 0.2) is 18.2 Å². The van der Waals surface area contributed by atoms with Crippen LogP contribution in [0, 0.1) is 5.41 Å². The Morgan fingerprint density at radius 3 is 2.67 bits per heavy atom. The van der Waals surface area contributed by atoms with Gasteiger partial charge in [0, 0.05) is 24.4 Å². The third-order valence-corrected chi connectivity index (χ3v) is 6.40. The number of ether oxygens (including phenoxy) is 2. The number of nitrogens with zero attached hydrogens (tertiary/aromatic N) is 1. The van der Waals surface area contributed by atoms with E-state index in [0.29, 0.717) is 13.1 Å². The van der Waals surface area contributed by atoms with Crippen molar-refractivity contribution in [3.05, 3.63) is 23.8 Å². The molecular weight excluding hydrogens is 344 g/mol. The van der Waals surface area contributed by atoms with Crippen LogP contribution in [0.3, 0.4) is 0 Å². The van der Waals surface area contributed by atoms with Gasteiger partial charge in [0.05, 0.1) is 25.9 Å². The van der Waals surface area contributed by atoms with Crippen molar-refractivity contribution in [2.75, 3.05) is 26.7 Å². The van der Waals surface area contributed by atoms with E-state index in [2.05, 4.69) is 0 Å². The molecule has 1 aromatic rings. The predicted molar refractivity (Wildman–Crippen MR) is 104 cm³/mol. The molecule has 6 nitrogen and oxygen atoms in total. The number of benzene rings is 1. The number of amides is 1. The molecule has 1 aromatic carbocycles. The molecule has 3 N–H and O–H groups in total. The number of aliphatic hydroxyl groups excluding tert-OH is 1. The van der Waals surface area contributed by atoms with Crippen molar-refractivity contribution < 1.29 is 19.4 Å². The van der Waals surface area contributed by atoms with Crippen LogP contribution in [0.1, 0.15) is 51.0 Å². The highest BCUT2D eigenvalue weighted by atomic mass is 16.5. The molecule has 1 saturated carbocycles. The number of hydrogen-bond acceptors (Lipinski definition) is 5. The fourth-order valence-electron chi connectivity index (χ4n) is 4.43. The molecule has 1 aliphatic heterocycles. The summed E-state index contributed by atoms with van der Waals surface area (Å²) in [5, 5.41) is 10.5. The zero-order chi connectivity index (χ0) is 19.6. The SMILES string of the molecule is COc1ccc(C2CN(C(=O)CN)CC2(C)C(C)O)cc1OC1CCCC1. The van der Waals surface area contributed by atoms with E-state index in [1.165, 1.54) is 12.8 Å². The lowest BCUT2D eigenvalue weighted by Crippen LogP contribution is -2.39. The highest BCUT2D eigenvalue weighted by Crippen LogP contribution is 2.47. The number of nitrogens with two attached hydrogens (primary N) is 1. The minimum absolute atomic E-state index is 0.00448.